The van der Waals surface area contributed by atoms with Crippen molar-refractivity contribution >= 4 is 5.91 Å². The molecule has 1 heterocycles. The van der Waals surface area contributed by atoms with E-state index in [-0.39, 0.29) is 5.56 Å². The summed E-state index contributed by atoms with van der Waals surface area (Å²) in [4.78, 5) is 11.2. The molecule has 0 aliphatic rings. The first-order chi connectivity index (χ1) is 6.11. The van der Waals surface area contributed by atoms with E-state index in [9.17, 15) is 9.90 Å². The maximum Gasteiger partial charge on any atom is 0.321 e. The predicted octanol–water partition coefficient (Wildman–Crippen LogP) is 1.20. The Morgan fingerprint density at radius 3 is 2.85 bits per heavy atom. The molecule has 5 heteroatoms. The molecule has 1 amide bonds. The van der Waals surface area contributed by atoms with Crippen molar-refractivity contribution in [3.63, 3.8) is 0 Å². The van der Waals surface area contributed by atoms with Crippen LogP contribution < -0.4 is 5.32 Å². The predicted molar refractivity (Wildman–Crippen MR) is 43.8 cm³/mol. The summed E-state index contributed by atoms with van der Waals surface area (Å²) in [5, 5.41) is 16.5. The van der Waals surface area contributed by atoms with Gasteiger partial charge in [0.05, 0.1) is 0 Å². The fraction of sp³-hybridized carbons (Fsp3) is 0.500. The van der Waals surface area contributed by atoms with E-state index in [1.807, 2.05) is 13.8 Å². The van der Waals surface area contributed by atoms with Crippen LogP contribution in [0, 0.1) is 5.92 Å². The molecule has 0 aliphatic carbocycles. The molecular weight excluding hydrogens is 172 g/mol. The second-order valence-electron chi connectivity index (χ2n) is 3.14. The standard InChI is InChI=1S/C8H11N2O3/c1-5(2)3-9-7(11)6-4-13-10-8(6)12/h4-5H,3H2,1-2H3,(H,9,11). The topological polar surface area (TPSA) is 75.0 Å². The molecule has 71 valence electrons. The molecule has 0 aliphatic heterocycles. The van der Waals surface area contributed by atoms with Gasteiger partial charge in [-0.3, -0.25) is 9.90 Å². The van der Waals surface area contributed by atoms with Gasteiger partial charge in [-0.25, -0.2) is 0 Å². The average Bonchev–Trinajstić information content (AvgIpc) is 2.47. The SMILES string of the molecule is CC(C)CNC(=O)c1conc1[O]. The second kappa shape index (κ2) is 3.93. The number of rotatable bonds is 3. The first kappa shape index (κ1) is 9.57. The van der Waals surface area contributed by atoms with E-state index in [4.69, 9.17) is 0 Å². The lowest BCUT2D eigenvalue weighted by atomic mass is 10.2. The Hall–Kier alpha value is -1.52. The summed E-state index contributed by atoms with van der Waals surface area (Å²) in [7, 11) is 0. The highest BCUT2D eigenvalue weighted by molar-refractivity contribution is 5.95. The van der Waals surface area contributed by atoms with Gasteiger partial charge >= 0.3 is 5.88 Å². The monoisotopic (exact) mass is 183 g/mol. The zero-order chi connectivity index (χ0) is 9.84. The van der Waals surface area contributed by atoms with Crippen LogP contribution in [-0.4, -0.2) is 17.6 Å². The highest BCUT2D eigenvalue weighted by Crippen LogP contribution is 2.13. The van der Waals surface area contributed by atoms with Crippen molar-refractivity contribution in [3.05, 3.63) is 11.8 Å². The number of carbonyl (C=O) groups excluding carboxylic acids is 1. The number of aromatic nitrogens is 1. The molecular formula is C8H11N2O3. The van der Waals surface area contributed by atoms with Crippen molar-refractivity contribution in [1.82, 2.24) is 10.5 Å². The molecule has 13 heavy (non-hydrogen) atoms. The molecule has 1 N–H and O–H groups in total. The number of carbonyl (C=O) groups is 1. The molecule has 0 aromatic carbocycles. The number of hydrogen-bond donors (Lipinski definition) is 1. The van der Waals surface area contributed by atoms with Crippen LogP contribution in [-0.2, 0) is 5.11 Å². The van der Waals surface area contributed by atoms with Crippen molar-refractivity contribution in [2.75, 3.05) is 6.54 Å². The first-order valence-electron chi connectivity index (χ1n) is 4.01. The van der Waals surface area contributed by atoms with E-state index in [1.54, 1.807) is 0 Å². The summed E-state index contributed by atoms with van der Waals surface area (Å²) in [5.74, 6) is -0.708. The van der Waals surface area contributed by atoms with Crippen LogP contribution in [0.3, 0.4) is 0 Å². The molecule has 1 aromatic rings. The van der Waals surface area contributed by atoms with Crippen LogP contribution in [0.25, 0.3) is 0 Å². The highest BCUT2D eigenvalue weighted by Gasteiger charge is 2.16. The summed E-state index contributed by atoms with van der Waals surface area (Å²) in [6.07, 6.45) is 1.05. The molecule has 1 aromatic heterocycles. The third kappa shape index (κ3) is 2.47. The van der Waals surface area contributed by atoms with Crippen molar-refractivity contribution in [2.45, 2.75) is 13.8 Å². The van der Waals surface area contributed by atoms with Gasteiger partial charge in [-0.1, -0.05) is 13.8 Å². The maximum atomic E-state index is 11.2. The summed E-state index contributed by atoms with van der Waals surface area (Å²) >= 11 is 0. The van der Waals surface area contributed by atoms with Gasteiger partial charge in [-0.2, -0.15) is 0 Å². The summed E-state index contributed by atoms with van der Waals surface area (Å²) < 4.78 is 4.35. The van der Waals surface area contributed by atoms with Crippen molar-refractivity contribution < 1.29 is 14.4 Å². The van der Waals surface area contributed by atoms with Crippen molar-refractivity contribution in [2.24, 2.45) is 5.92 Å². The molecule has 1 rings (SSSR count). The molecule has 0 saturated heterocycles. The molecule has 0 spiro atoms. The van der Waals surface area contributed by atoms with E-state index in [0.29, 0.717) is 12.5 Å². The minimum absolute atomic E-state index is 0.0411. The molecule has 1 radical (unpaired) electrons. The van der Waals surface area contributed by atoms with Crippen LogP contribution in [0.4, 0.5) is 0 Å². The van der Waals surface area contributed by atoms with Crippen molar-refractivity contribution in [1.29, 1.82) is 0 Å². The number of hydrogen-bond acceptors (Lipinski definition) is 3. The lowest BCUT2D eigenvalue weighted by Crippen LogP contribution is -2.26. The Morgan fingerprint density at radius 1 is 1.69 bits per heavy atom. The average molecular weight is 183 g/mol. The fourth-order valence-electron chi connectivity index (χ4n) is 0.769. The van der Waals surface area contributed by atoms with Gasteiger partial charge in [0, 0.05) is 6.54 Å². The minimum Gasteiger partial charge on any atom is -0.360 e. The largest absolute Gasteiger partial charge is 0.360 e. The Kier molecular flexibility index (Phi) is 2.89. The maximum absolute atomic E-state index is 11.2. The van der Waals surface area contributed by atoms with E-state index in [1.165, 1.54) is 0 Å². The highest BCUT2D eigenvalue weighted by atomic mass is 16.5. The Morgan fingerprint density at radius 2 is 2.38 bits per heavy atom. The zero-order valence-electron chi connectivity index (χ0n) is 7.53. The number of nitrogens with one attached hydrogen (secondary N) is 1. The smallest absolute Gasteiger partial charge is 0.321 e. The van der Waals surface area contributed by atoms with Gasteiger partial charge in [-0.05, 0) is 11.1 Å². The third-order valence-electron chi connectivity index (χ3n) is 1.45. The first-order valence-corrected chi connectivity index (χ1v) is 4.01. The minimum atomic E-state index is -0.624. The van der Waals surface area contributed by atoms with Crippen LogP contribution in [0.5, 0.6) is 5.88 Å². The van der Waals surface area contributed by atoms with Gasteiger partial charge in [0.25, 0.3) is 5.91 Å². The Labute approximate surface area is 75.7 Å². The lowest BCUT2D eigenvalue weighted by molar-refractivity contribution is 0.0944. The Bertz CT molecular complexity index is 293. The lowest BCUT2D eigenvalue weighted by Gasteiger charge is -2.04. The van der Waals surface area contributed by atoms with Crippen LogP contribution in [0.15, 0.2) is 10.8 Å². The third-order valence-corrected chi connectivity index (χ3v) is 1.45. The zero-order valence-corrected chi connectivity index (χ0v) is 7.53. The summed E-state index contributed by atoms with van der Waals surface area (Å²) in [6, 6.07) is 0. The van der Waals surface area contributed by atoms with E-state index < -0.39 is 11.8 Å². The number of nitrogens with zero attached hydrogens (tertiary/aromatic N) is 1. The van der Waals surface area contributed by atoms with Gasteiger partial charge in [0.15, 0.2) is 0 Å². The molecule has 0 atom stereocenters. The van der Waals surface area contributed by atoms with E-state index in [0.717, 1.165) is 6.26 Å². The van der Waals surface area contributed by atoms with E-state index in [2.05, 4.69) is 15.0 Å². The second-order valence-corrected chi connectivity index (χ2v) is 3.14. The van der Waals surface area contributed by atoms with Gasteiger partial charge in [0.1, 0.15) is 11.8 Å². The van der Waals surface area contributed by atoms with Crippen LogP contribution >= 0.6 is 0 Å². The summed E-state index contributed by atoms with van der Waals surface area (Å²) in [5.41, 5.74) is -0.0411. The van der Waals surface area contributed by atoms with E-state index >= 15 is 0 Å². The number of amides is 1. The Balaban J connectivity index is 2.54. The van der Waals surface area contributed by atoms with Crippen molar-refractivity contribution in [3.8, 4) is 5.88 Å². The fourth-order valence-corrected chi connectivity index (χ4v) is 0.769. The van der Waals surface area contributed by atoms with Gasteiger partial charge < -0.3 is 9.84 Å². The molecule has 0 fully saturated rings. The molecule has 0 unspecified atom stereocenters. The quantitative estimate of drug-likeness (QED) is 0.765. The molecule has 0 bridgehead atoms. The van der Waals surface area contributed by atoms with Crippen LogP contribution in [0.2, 0.25) is 0 Å². The molecule has 0 saturated carbocycles. The van der Waals surface area contributed by atoms with Gasteiger partial charge in [0.2, 0.25) is 0 Å². The summed E-state index contributed by atoms with van der Waals surface area (Å²) in [6.45, 7) is 4.46. The normalized spacial score (nSPS) is 10.4. The van der Waals surface area contributed by atoms with Gasteiger partial charge in [-0.15, -0.1) is 0 Å². The van der Waals surface area contributed by atoms with Crippen LogP contribution in [0.1, 0.15) is 24.2 Å². The molecule has 5 nitrogen and oxygen atoms in total.